The molecule has 1 aliphatic rings. The first-order valence-corrected chi connectivity index (χ1v) is 7.92. The molecule has 0 N–H and O–H groups in total. The number of carbonyl (C=O) groups excluding carboxylic acids is 1. The van der Waals surface area contributed by atoms with E-state index in [1.165, 1.54) is 7.11 Å². The predicted octanol–water partition coefficient (Wildman–Crippen LogP) is 3.66. The van der Waals surface area contributed by atoms with Crippen LogP contribution in [-0.4, -0.2) is 32.7 Å². The van der Waals surface area contributed by atoms with Crippen molar-refractivity contribution in [2.75, 3.05) is 20.5 Å². The van der Waals surface area contributed by atoms with Crippen molar-refractivity contribution in [3.8, 4) is 17.2 Å². The third-order valence-electron chi connectivity index (χ3n) is 3.78. The fourth-order valence-corrected chi connectivity index (χ4v) is 2.45. The van der Waals surface area contributed by atoms with Gasteiger partial charge in [0.1, 0.15) is 5.75 Å². The molecule has 0 spiro atoms. The van der Waals surface area contributed by atoms with Gasteiger partial charge in [0.05, 0.1) is 25.0 Å². The van der Waals surface area contributed by atoms with Gasteiger partial charge in [-0.1, -0.05) is 6.07 Å². The molecule has 0 radical (unpaired) electrons. The highest BCUT2D eigenvalue weighted by Gasteiger charge is 2.17. The van der Waals surface area contributed by atoms with Crippen LogP contribution in [0.3, 0.4) is 0 Å². The van der Waals surface area contributed by atoms with Crippen molar-refractivity contribution in [2.24, 2.45) is 4.99 Å². The van der Waals surface area contributed by atoms with Gasteiger partial charge in [-0.3, -0.25) is 4.99 Å². The highest BCUT2D eigenvalue weighted by Crippen LogP contribution is 2.37. The second kappa shape index (κ2) is 7.25. The van der Waals surface area contributed by atoms with E-state index in [4.69, 9.17) is 18.9 Å². The number of ether oxygens (including phenoxy) is 4. The van der Waals surface area contributed by atoms with E-state index in [1.54, 1.807) is 24.4 Å². The van der Waals surface area contributed by atoms with E-state index in [2.05, 4.69) is 4.99 Å². The number of benzene rings is 2. The lowest BCUT2D eigenvalue weighted by Crippen LogP contribution is -2.00. The standard InChI is InChI=1S/C19H19NO5/c1-4-23-16-9-18-17(24-11-25-18)8-14(16)10-20-15-7-13(19(21)22-3)6-5-12(15)2/h5-10H,4,11H2,1-3H3. The average Bonchev–Trinajstić information content (AvgIpc) is 3.07. The maximum atomic E-state index is 11.7. The number of fused-ring (bicyclic) bond motifs is 1. The molecule has 0 fully saturated rings. The Morgan fingerprint density at radius 2 is 2.00 bits per heavy atom. The summed E-state index contributed by atoms with van der Waals surface area (Å²) in [6.07, 6.45) is 1.69. The minimum atomic E-state index is -0.394. The summed E-state index contributed by atoms with van der Waals surface area (Å²) in [7, 11) is 1.35. The zero-order valence-corrected chi connectivity index (χ0v) is 14.4. The van der Waals surface area contributed by atoms with E-state index >= 15 is 0 Å². The first-order chi connectivity index (χ1) is 12.1. The number of aryl methyl sites for hydroxylation is 1. The first kappa shape index (κ1) is 16.8. The van der Waals surface area contributed by atoms with Gasteiger partial charge >= 0.3 is 5.97 Å². The van der Waals surface area contributed by atoms with Crippen LogP contribution >= 0.6 is 0 Å². The number of esters is 1. The summed E-state index contributed by atoms with van der Waals surface area (Å²) in [5.41, 5.74) is 2.86. The number of hydrogen-bond donors (Lipinski definition) is 0. The normalized spacial score (nSPS) is 12.4. The van der Waals surface area contributed by atoms with Crippen LogP contribution in [0.5, 0.6) is 17.2 Å². The Balaban J connectivity index is 1.95. The fraction of sp³-hybridized carbons (Fsp3) is 0.263. The van der Waals surface area contributed by atoms with E-state index < -0.39 is 5.97 Å². The van der Waals surface area contributed by atoms with Gasteiger partial charge in [-0.05, 0) is 37.6 Å². The fourth-order valence-electron chi connectivity index (χ4n) is 2.45. The Labute approximate surface area is 146 Å². The Bertz CT molecular complexity index is 829. The van der Waals surface area contributed by atoms with Crippen molar-refractivity contribution in [1.29, 1.82) is 0 Å². The molecule has 0 bridgehead atoms. The molecule has 25 heavy (non-hydrogen) atoms. The van der Waals surface area contributed by atoms with Gasteiger partial charge in [0.2, 0.25) is 6.79 Å². The molecule has 1 aliphatic heterocycles. The summed E-state index contributed by atoms with van der Waals surface area (Å²) in [5.74, 6) is 1.58. The number of aliphatic imine (C=N–C) groups is 1. The Hall–Kier alpha value is -3.02. The van der Waals surface area contributed by atoms with Crippen molar-refractivity contribution < 1.29 is 23.7 Å². The number of methoxy groups -OCH3 is 1. The Kier molecular flexibility index (Phi) is 4.88. The molecule has 2 aromatic carbocycles. The van der Waals surface area contributed by atoms with Crippen LogP contribution in [0.1, 0.15) is 28.4 Å². The summed E-state index contributed by atoms with van der Waals surface area (Å²) in [6, 6.07) is 8.88. The summed E-state index contributed by atoms with van der Waals surface area (Å²) in [5, 5.41) is 0. The van der Waals surface area contributed by atoms with Crippen molar-refractivity contribution >= 4 is 17.9 Å². The summed E-state index contributed by atoms with van der Waals surface area (Å²) >= 11 is 0. The molecule has 1 heterocycles. The molecule has 6 heteroatoms. The molecule has 0 unspecified atom stereocenters. The minimum absolute atomic E-state index is 0.196. The molecule has 0 saturated carbocycles. The zero-order valence-electron chi connectivity index (χ0n) is 14.4. The first-order valence-electron chi connectivity index (χ1n) is 7.92. The van der Waals surface area contributed by atoms with Gasteiger partial charge < -0.3 is 18.9 Å². The van der Waals surface area contributed by atoms with Gasteiger partial charge in [0.25, 0.3) is 0 Å². The van der Waals surface area contributed by atoms with Crippen LogP contribution in [0, 0.1) is 6.92 Å². The smallest absolute Gasteiger partial charge is 0.337 e. The van der Waals surface area contributed by atoms with Gasteiger partial charge in [-0.25, -0.2) is 4.79 Å². The van der Waals surface area contributed by atoms with Gasteiger partial charge in [0.15, 0.2) is 11.5 Å². The SMILES string of the molecule is CCOc1cc2c(cc1C=Nc1cc(C(=O)OC)ccc1C)OCO2. The third-order valence-corrected chi connectivity index (χ3v) is 3.78. The molecule has 6 nitrogen and oxygen atoms in total. The van der Waals surface area contributed by atoms with Crippen LogP contribution in [0.4, 0.5) is 5.69 Å². The molecule has 130 valence electrons. The van der Waals surface area contributed by atoms with Gasteiger partial charge in [-0.15, -0.1) is 0 Å². The molecule has 2 aromatic rings. The maximum Gasteiger partial charge on any atom is 0.337 e. The topological polar surface area (TPSA) is 66.4 Å². The largest absolute Gasteiger partial charge is 0.493 e. The molecule has 3 rings (SSSR count). The van der Waals surface area contributed by atoms with E-state index in [0.29, 0.717) is 35.1 Å². The second-order valence-corrected chi connectivity index (χ2v) is 5.43. The molecule has 0 amide bonds. The lowest BCUT2D eigenvalue weighted by Gasteiger charge is -2.09. The Morgan fingerprint density at radius 3 is 2.72 bits per heavy atom. The van der Waals surface area contributed by atoms with Gasteiger partial charge in [0, 0.05) is 17.8 Å². The molecular weight excluding hydrogens is 322 g/mol. The quantitative estimate of drug-likeness (QED) is 0.613. The second-order valence-electron chi connectivity index (χ2n) is 5.43. The number of rotatable bonds is 5. The molecule has 0 aliphatic carbocycles. The van der Waals surface area contributed by atoms with Crippen molar-refractivity contribution in [3.63, 3.8) is 0 Å². The molecule has 0 atom stereocenters. The van der Waals surface area contributed by atoms with E-state index in [9.17, 15) is 4.79 Å². The van der Waals surface area contributed by atoms with Gasteiger partial charge in [-0.2, -0.15) is 0 Å². The summed E-state index contributed by atoms with van der Waals surface area (Å²) in [6.45, 7) is 4.56. The van der Waals surface area contributed by atoms with Crippen LogP contribution < -0.4 is 14.2 Å². The lowest BCUT2D eigenvalue weighted by molar-refractivity contribution is 0.0600. The van der Waals surface area contributed by atoms with Crippen LogP contribution in [0.15, 0.2) is 35.3 Å². The summed E-state index contributed by atoms with van der Waals surface area (Å²) < 4.78 is 21.2. The van der Waals surface area contributed by atoms with Crippen molar-refractivity contribution in [2.45, 2.75) is 13.8 Å². The van der Waals surface area contributed by atoms with E-state index in [1.807, 2.05) is 26.0 Å². The monoisotopic (exact) mass is 341 g/mol. The third kappa shape index (κ3) is 3.57. The van der Waals surface area contributed by atoms with Crippen LogP contribution in [0.25, 0.3) is 0 Å². The number of nitrogens with zero attached hydrogens (tertiary/aromatic N) is 1. The minimum Gasteiger partial charge on any atom is -0.493 e. The van der Waals surface area contributed by atoms with E-state index in [0.717, 1.165) is 11.1 Å². The predicted molar refractivity (Wildman–Crippen MR) is 93.5 cm³/mol. The van der Waals surface area contributed by atoms with Crippen LogP contribution in [0.2, 0.25) is 0 Å². The van der Waals surface area contributed by atoms with Crippen molar-refractivity contribution in [3.05, 3.63) is 47.0 Å². The average molecular weight is 341 g/mol. The molecule has 0 aromatic heterocycles. The van der Waals surface area contributed by atoms with Crippen molar-refractivity contribution in [1.82, 2.24) is 0 Å². The zero-order chi connectivity index (χ0) is 17.8. The Morgan fingerprint density at radius 1 is 1.24 bits per heavy atom. The maximum absolute atomic E-state index is 11.7. The van der Waals surface area contributed by atoms with E-state index in [-0.39, 0.29) is 6.79 Å². The number of carbonyl (C=O) groups is 1. The molecular formula is C19H19NO5. The lowest BCUT2D eigenvalue weighted by atomic mass is 10.1. The highest BCUT2D eigenvalue weighted by molar-refractivity contribution is 5.92. The summed E-state index contributed by atoms with van der Waals surface area (Å²) in [4.78, 5) is 16.2. The number of hydrogen-bond acceptors (Lipinski definition) is 6. The van der Waals surface area contributed by atoms with Crippen LogP contribution in [-0.2, 0) is 4.74 Å². The highest BCUT2D eigenvalue weighted by atomic mass is 16.7. The molecule has 0 saturated heterocycles.